The SMILES string of the molecule is Cc1nn(Cc2cccc(F)c2)c(C)c1NC(=S)Nc1cccc(F)c1. The summed E-state index contributed by atoms with van der Waals surface area (Å²) in [5.41, 5.74) is 3.79. The average Bonchev–Trinajstić information content (AvgIpc) is 2.82. The zero-order valence-corrected chi connectivity index (χ0v) is 15.2. The molecule has 0 amide bonds. The Hall–Kier alpha value is -2.80. The third-order valence-electron chi connectivity index (χ3n) is 3.92. The molecule has 0 saturated carbocycles. The number of aryl methyl sites for hydroxylation is 1. The summed E-state index contributed by atoms with van der Waals surface area (Å²) in [6.07, 6.45) is 0. The van der Waals surface area contributed by atoms with E-state index in [4.69, 9.17) is 12.2 Å². The molecule has 3 rings (SSSR count). The van der Waals surface area contributed by atoms with E-state index in [0.717, 1.165) is 22.6 Å². The van der Waals surface area contributed by atoms with Crippen molar-refractivity contribution < 1.29 is 8.78 Å². The van der Waals surface area contributed by atoms with E-state index < -0.39 is 0 Å². The lowest BCUT2D eigenvalue weighted by molar-refractivity contribution is 0.616. The molecule has 134 valence electrons. The zero-order chi connectivity index (χ0) is 18.7. The molecule has 0 spiro atoms. The van der Waals surface area contributed by atoms with Crippen LogP contribution in [-0.2, 0) is 6.54 Å². The number of nitrogens with one attached hydrogen (secondary N) is 2. The highest BCUT2D eigenvalue weighted by Gasteiger charge is 2.13. The number of nitrogens with zero attached hydrogens (tertiary/aromatic N) is 2. The lowest BCUT2D eigenvalue weighted by Gasteiger charge is -2.11. The Kier molecular flexibility index (Phi) is 5.27. The maximum atomic E-state index is 13.4. The van der Waals surface area contributed by atoms with Gasteiger partial charge in [-0.2, -0.15) is 5.10 Å². The number of benzene rings is 2. The van der Waals surface area contributed by atoms with Gasteiger partial charge in [0.1, 0.15) is 11.6 Å². The normalized spacial score (nSPS) is 10.6. The third kappa shape index (κ3) is 4.23. The first-order valence-corrected chi connectivity index (χ1v) is 8.45. The summed E-state index contributed by atoms with van der Waals surface area (Å²) >= 11 is 5.31. The molecular formula is C19H18F2N4S. The lowest BCUT2D eigenvalue weighted by atomic mass is 10.2. The van der Waals surface area contributed by atoms with E-state index in [2.05, 4.69) is 15.7 Å². The number of anilines is 2. The first kappa shape index (κ1) is 18.0. The topological polar surface area (TPSA) is 41.9 Å². The quantitative estimate of drug-likeness (QED) is 0.655. The van der Waals surface area contributed by atoms with E-state index in [1.54, 1.807) is 22.9 Å². The van der Waals surface area contributed by atoms with Crippen LogP contribution in [0.4, 0.5) is 20.2 Å². The zero-order valence-electron chi connectivity index (χ0n) is 14.4. The summed E-state index contributed by atoms with van der Waals surface area (Å²) in [5.74, 6) is -0.615. The van der Waals surface area contributed by atoms with Gasteiger partial charge in [0.15, 0.2) is 5.11 Å². The lowest BCUT2D eigenvalue weighted by Crippen LogP contribution is -2.20. The number of thiocarbonyl (C=S) groups is 1. The number of hydrogen-bond acceptors (Lipinski definition) is 2. The molecule has 1 aromatic heterocycles. The van der Waals surface area contributed by atoms with Crippen LogP contribution in [0.2, 0.25) is 0 Å². The van der Waals surface area contributed by atoms with Crippen molar-refractivity contribution in [3.63, 3.8) is 0 Å². The minimum atomic E-state index is -0.340. The molecular weight excluding hydrogens is 354 g/mol. The summed E-state index contributed by atoms with van der Waals surface area (Å²) < 4.78 is 28.4. The number of hydrogen-bond donors (Lipinski definition) is 2. The third-order valence-corrected chi connectivity index (χ3v) is 4.13. The molecule has 0 saturated heterocycles. The fourth-order valence-electron chi connectivity index (χ4n) is 2.68. The van der Waals surface area contributed by atoms with Gasteiger partial charge in [-0.3, -0.25) is 4.68 Å². The van der Waals surface area contributed by atoms with Gasteiger partial charge in [0.2, 0.25) is 0 Å². The van der Waals surface area contributed by atoms with Crippen molar-refractivity contribution in [2.75, 3.05) is 10.6 Å². The Morgan fingerprint density at radius 3 is 2.42 bits per heavy atom. The minimum Gasteiger partial charge on any atom is -0.332 e. The summed E-state index contributed by atoms with van der Waals surface area (Å²) in [5, 5.41) is 10.9. The fraction of sp³-hybridized carbons (Fsp3) is 0.158. The summed E-state index contributed by atoms with van der Waals surface area (Å²) in [6, 6.07) is 12.5. The summed E-state index contributed by atoms with van der Waals surface area (Å²) in [7, 11) is 0. The van der Waals surface area contributed by atoms with Gasteiger partial charge in [0, 0.05) is 5.69 Å². The van der Waals surface area contributed by atoms with E-state index in [1.807, 2.05) is 19.9 Å². The van der Waals surface area contributed by atoms with Crippen LogP contribution in [0.25, 0.3) is 0 Å². The molecule has 0 fully saturated rings. The van der Waals surface area contributed by atoms with E-state index in [0.29, 0.717) is 17.3 Å². The van der Waals surface area contributed by atoms with Gasteiger partial charge >= 0.3 is 0 Å². The Morgan fingerprint density at radius 1 is 1.04 bits per heavy atom. The minimum absolute atomic E-state index is 0.275. The Labute approximate surface area is 155 Å². The van der Waals surface area contributed by atoms with Crippen molar-refractivity contribution in [3.8, 4) is 0 Å². The molecule has 0 aliphatic rings. The summed E-state index contributed by atoms with van der Waals surface area (Å²) in [6.45, 7) is 4.23. The molecule has 1 heterocycles. The Morgan fingerprint density at radius 2 is 1.73 bits per heavy atom. The van der Waals surface area contributed by atoms with E-state index >= 15 is 0 Å². The number of aromatic nitrogens is 2. The van der Waals surface area contributed by atoms with Crippen molar-refractivity contribution in [2.45, 2.75) is 20.4 Å². The van der Waals surface area contributed by atoms with E-state index in [9.17, 15) is 8.78 Å². The predicted octanol–water partition coefficient (Wildman–Crippen LogP) is 4.64. The second-order valence-electron chi connectivity index (χ2n) is 5.92. The van der Waals surface area contributed by atoms with Crippen LogP contribution in [0.5, 0.6) is 0 Å². The molecule has 7 heteroatoms. The number of rotatable bonds is 4. The standard InChI is InChI=1S/C19H18F2N4S/c1-12-18(23-19(26)22-17-8-4-7-16(21)10-17)13(2)25(24-12)11-14-5-3-6-15(20)9-14/h3-10H,11H2,1-2H3,(H2,22,23,26). The predicted molar refractivity (Wildman–Crippen MR) is 103 cm³/mol. The maximum Gasteiger partial charge on any atom is 0.175 e. The molecule has 0 radical (unpaired) electrons. The van der Waals surface area contributed by atoms with Crippen LogP contribution < -0.4 is 10.6 Å². The monoisotopic (exact) mass is 372 g/mol. The van der Waals surface area contributed by atoms with Crippen molar-refractivity contribution in [1.82, 2.24) is 9.78 Å². The molecule has 0 bridgehead atoms. The summed E-state index contributed by atoms with van der Waals surface area (Å²) in [4.78, 5) is 0. The van der Waals surface area contributed by atoms with Crippen molar-refractivity contribution >= 4 is 28.7 Å². The van der Waals surface area contributed by atoms with Gasteiger partial charge in [-0.15, -0.1) is 0 Å². The highest BCUT2D eigenvalue weighted by molar-refractivity contribution is 7.80. The highest BCUT2D eigenvalue weighted by Crippen LogP contribution is 2.21. The average molecular weight is 372 g/mol. The largest absolute Gasteiger partial charge is 0.332 e. The smallest absolute Gasteiger partial charge is 0.175 e. The first-order valence-electron chi connectivity index (χ1n) is 8.04. The van der Waals surface area contributed by atoms with Crippen LogP contribution in [-0.4, -0.2) is 14.9 Å². The van der Waals surface area contributed by atoms with Gasteiger partial charge in [-0.25, -0.2) is 8.78 Å². The molecule has 2 aromatic carbocycles. The van der Waals surface area contributed by atoms with Crippen LogP contribution in [0.3, 0.4) is 0 Å². The molecule has 0 atom stereocenters. The van der Waals surface area contributed by atoms with Gasteiger partial charge < -0.3 is 10.6 Å². The molecule has 0 aliphatic carbocycles. The molecule has 26 heavy (non-hydrogen) atoms. The Bertz CT molecular complexity index is 952. The Balaban J connectivity index is 1.74. The van der Waals surface area contributed by atoms with Crippen LogP contribution >= 0.6 is 12.2 Å². The first-order chi connectivity index (χ1) is 12.4. The molecule has 4 nitrogen and oxygen atoms in total. The van der Waals surface area contributed by atoms with E-state index in [-0.39, 0.29) is 11.6 Å². The van der Waals surface area contributed by atoms with Crippen molar-refractivity contribution in [3.05, 3.63) is 77.1 Å². The second-order valence-corrected chi connectivity index (χ2v) is 6.33. The second kappa shape index (κ2) is 7.61. The number of halogens is 2. The molecule has 3 aromatic rings. The van der Waals surface area contributed by atoms with Gasteiger partial charge in [-0.05, 0) is 62.0 Å². The fourth-order valence-corrected chi connectivity index (χ4v) is 2.90. The van der Waals surface area contributed by atoms with Crippen LogP contribution in [0.15, 0.2) is 48.5 Å². The van der Waals surface area contributed by atoms with Gasteiger partial charge in [-0.1, -0.05) is 18.2 Å². The molecule has 2 N–H and O–H groups in total. The van der Waals surface area contributed by atoms with E-state index in [1.165, 1.54) is 24.3 Å². The highest BCUT2D eigenvalue weighted by atomic mass is 32.1. The molecule has 0 aliphatic heterocycles. The van der Waals surface area contributed by atoms with Crippen LogP contribution in [0, 0.1) is 25.5 Å². The van der Waals surface area contributed by atoms with Gasteiger partial charge in [0.05, 0.1) is 23.6 Å². The van der Waals surface area contributed by atoms with Crippen LogP contribution in [0.1, 0.15) is 17.0 Å². The van der Waals surface area contributed by atoms with Gasteiger partial charge in [0.25, 0.3) is 0 Å². The van der Waals surface area contributed by atoms with Crippen molar-refractivity contribution in [2.24, 2.45) is 0 Å². The van der Waals surface area contributed by atoms with Crippen molar-refractivity contribution in [1.29, 1.82) is 0 Å². The molecule has 0 unspecified atom stereocenters. The maximum absolute atomic E-state index is 13.4.